The fourth-order valence-electron chi connectivity index (χ4n) is 1.00. The molecular weight excluding hydrogens is 161 g/mol. The summed E-state index contributed by atoms with van der Waals surface area (Å²) in [5.41, 5.74) is 1.89. The fourth-order valence-corrected chi connectivity index (χ4v) is 1.79. The highest BCUT2D eigenvalue weighted by atomic mass is 32.1. The predicted molar refractivity (Wildman–Crippen MR) is 44.3 cm³/mol. The maximum Gasteiger partial charge on any atom is 0.270 e. The molecule has 0 saturated carbocycles. The van der Waals surface area contributed by atoms with Crippen LogP contribution in [0.5, 0.6) is 0 Å². The van der Waals surface area contributed by atoms with Gasteiger partial charge in [-0.1, -0.05) is 17.4 Å². The fraction of sp³-hybridized carbons (Fsp3) is 0.125. The predicted octanol–water partition coefficient (Wildman–Crippen LogP) is 2.74. The lowest BCUT2D eigenvalue weighted by Crippen LogP contribution is -1.70. The first kappa shape index (κ1) is 6.73. The molecule has 0 radical (unpaired) electrons. The lowest BCUT2D eigenvalue weighted by Gasteiger charge is -1.88. The minimum Gasteiger partial charge on any atom is -0.209 e. The molecular formula is C8H6FNS. The van der Waals surface area contributed by atoms with Crippen LogP contribution in [0.4, 0.5) is 4.39 Å². The SMILES string of the molecule is Cc1ccc2nc(F)sc2c1. The molecule has 1 nitrogen and oxygen atoms in total. The Morgan fingerprint density at radius 1 is 1.45 bits per heavy atom. The molecule has 0 N–H and O–H groups in total. The Morgan fingerprint density at radius 2 is 2.27 bits per heavy atom. The average Bonchev–Trinajstić information content (AvgIpc) is 2.27. The third-order valence-electron chi connectivity index (χ3n) is 1.52. The van der Waals surface area contributed by atoms with Crippen molar-refractivity contribution >= 4 is 21.6 Å². The molecule has 1 aromatic heterocycles. The second-order valence-corrected chi connectivity index (χ2v) is 3.42. The Balaban J connectivity index is 2.82. The minimum atomic E-state index is -0.356. The van der Waals surface area contributed by atoms with Crippen LogP contribution in [0, 0.1) is 12.2 Å². The number of nitrogens with zero attached hydrogens (tertiary/aromatic N) is 1. The van der Waals surface area contributed by atoms with E-state index >= 15 is 0 Å². The monoisotopic (exact) mass is 167 g/mol. The number of hydrogen-bond acceptors (Lipinski definition) is 2. The molecule has 0 saturated heterocycles. The standard InChI is InChI=1S/C8H6FNS/c1-5-2-3-6-7(4-5)11-8(9)10-6/h2-4H,1H3. The number of thiazole rings is 1. The lowest BCUT2D eigenvalue weighted by molar-refractivity contribution is 0.620. The van der Waals surface area contributed by atoms with Crippen LogP contribution in [-0.2, 0) is 0 Å². The summed E-state index contributed by atoms with van der Waals surface area (Å²) in [5, 5.41) is -0.356. The van der Waals surface area contributed by atoms with Crippen molar-refractivity contribution in [3.63, 3.8) is 0 Å². The van der Waals surface area contributed by atoms with Crippen molar-refractivity contribution in [2.24, 2.45) is 0 Å². The Bertz CT molecular complexity index is 394. The zero-order chi connectivity index (χ0) is 7.84. The van der Waals surface area contributed by atoms with E-state index in [1.165, 1.54) is 0 Å². The van der Waals surface area contributed by atoms with E-state index in [4.69, 9.17) is 0 Å². The molecule has 2 aromatic rings. The minimum absolute atomic E-state index is 0.356. The molecule has 3 heteroatoms. The zero-order valence-electron chi connectivity index (χ0n) is 5.97. The molecule has 0 unspecified atom stereocenters. The van der Waals surface area contributed by atoms with E-state index in [1.807, 2.05) is 25.1 Å². The van der Waals surface area contributed by atoms with Crippen LogP contribution in [0.15, 0.2) is 18.2 Å². The smallest absolute Gasteiger partial charge is 0.209 e. The molecule has 11 heavy (non-hydrogen) atoms. The highest BCUT2D eigenvalue weighted by molar-refractivity contribution is 7.17. The molecule has 0 spiro atoms. The molecule has 2 rings (SSSR count). The van der Waals surface area contributed by atoms with Gasteiger partial charge in [0.05, 0.1) is 10.2 Å². The number of rotatable bonds is 0. The van der Waals surface area contributed by atoms with Gasteiger partial charge in [0.15, 0.2) is 0 Å². The molecule has 1 heterocycles. The maximum absolute atomic E-state index is 12.6. The van der Waals surface area contributed by atoms with E-state index in [9.17, 15) is 4.39 Å². The Morgan fingerprint density at radius 3 is 3.09 bits per heavy atom. The quantitative estimate of drug-likeness (QED) is 0.588. The summed E-state index contributed by atoms with van der Waals surface area (Å²) < 4.78 is 13.5. The van der Waals surface area contributed by atoms with E-state index in [1.54, 1.807) is 0 Å². The molecule has 0 aliphatic carbocycles. The third-order valence-corrected chi connectivity index (χ3v) is 2.32. The third kappa shape index (κ3) is 1.12. The second-order valence-electron chi connectivity index (χ2n) is 2.44. The van der Waals surface area contributed by atoms with Crippen LogP contribution in [-0.4, -0.2) is 4.98 Å². The summed E-state index contributed by atoms with van der Waals surface area (Å²) in [6.45, 7) is 1.98. The highest BCUT2D eigenvalue weighted by Crippen LogP contribution is 2.21. The largest absolute Gasteiger partial charge is 0.270 e. The number of benzene rings is 1. The Labute approximate surface area is 67.5 Å². The van der Waals surface area contributed by atoms with Gasteiger partial charge in [-0.15, -0.1) is 0 Å². The van der Waals surface area contributed by atoms with Crippen LogP contribution in [0.1, 0.15) is 5.56 Å². The van der Waals surface area contributed by atoms with Gasteiger partial charge < -0.3 is 0 Å². The zero-order valence-corrected chi connectivity index (χ0v) is 6.78. The molecule has 56 valence electrons. The van der Waals surface area contributed by atoms with Crippen molar-refractivity contribution in [2.45, 2.75) is 6.92 Å². The van der Waals surface area contributed by atoms with Crippen LogP contribution >= 0.6 is 11.3 Å². The van der Waals surface area contributed by atoms with Crippen LogP contribution in [0.2, 0.25) is 0 Å². The summed E-state index contributed by atoms with van der Waals surface area (Å²) in [5.74, 6) is 0. The summed E-state index contributed by atoms with van der Waals surface area (Å²) >= 11 is 1.09. The van der Waals surface area contributed by atoms with Crippen molar-refractivity contribution in [1.82, 2.24) is 4.98 Å². The van der Waals surface area contributed by atoms with Gasteiger partial charge in [-0.05, 0) is 24.6 Å². The number of aryl methyl sites for hydroxylation is 1. The molecule has 0 atom stereocenters. The number of aromatic nitrogens is 1. The molecule has 1 aromatic carbocycles. The van der Waals surface area contributed by atoms with Crippen LogP contribution < -0.4 is 0 Å². The Hall–Kier alpha value is -0.960. The van der Waals surface area contributed by atoms with E-state index in [2.05, 4.69) is 4.98 Å². The summed E-state index contributed by atoms with van der Waals surface area (Å²) in [6, 6.07) is 5.71. The molecule has 0 bridgehead atoms. The van der Waals surface area contributed by atoms with Crippen LogP contribution in [0.3, 0.4) is 0 Å². The van der Waals surface area contributed by atoms with Crippen molar-refractivity contribution in [3.8, 4) is 0 Å². The van der Waals surface area contributed by atoms with E-state index in [0.717, 1.165) is 27.1 Å². The number of fused-ring (bicyclic) bond motifs is 1. The van der Waals surface area contributed by atoms with E-state index in [-0.39, 0.29) is 5.26 Å². The average molecular weight is 167 g/mol. The van der Waals surface area contributed by atoms with E-state index < -0.39 is 0 Å². The maximum atomic E-state index is 12.6. The molecule has 0 amide bonds. The van der Waals surface area contributed by atoms with Crippen molar-refractivity contribution in [2.75, 3.05) is 0 Å². The molecule has 0 aliphatic rings. The van der Waals surface area contributed by atoms with Crippen molar-refractivity contribution in [3.05, 3.63) is 29.0 Å². The molecule has 0 fully saturated rings. The van der Waals surface area contributed by atoms with Gasteiger partial charge in [0, 0.05) is 0 Å². The van der Waals surface area contributed by atoms with E-state index in [0.29, 0.717) is 0 Å². The Kier molecular flexibility index (Phi) is 1.39. The second kappa shape index (κ2) is 2.27. The van der Waals surface area contributed by atoms with Crippen LogP contribution in [0.25, 0.3) is 10.2 Å². The summed E-state index contributed by atoms with van der Waals surface area (Å²) in [6.07, 6.45) is 0. The first-order chi connectivity index (χ1) is 5.25. The van der Waals surface area contributed by atoms with Gasteiger partial charge in [-0.2, -0.15) is 4.39 Å². The highest BCUT2D eigenvalue weighted by Gasteiger charge is 2.00. The summed E-state index contributed by atoms with van der Waals surface area (Å²) in [4.78, 5) is 3.71. The number of halogens is 1. The lowest BCUT2D eigenvalue weighted by atomic mass is 10.2. The normalized spacial score (nSPS) is 10.7. The van der Waals surface area contributed by atoms with Crippen molar-refractivity contribution < 1.29 is 4.39 Å². The van der Waals surface area contributed by atoms with Gasteiger partial charge in [0.1, 0.15) is 0 Å². The first-order valence-electron chi connectivity index (χ1n) is 3.28. The van der Waals surface area contributed by atoms with Gasteiger partial charge in [-0.3, -0.25) is 0 Å². The van der Waals surface area contributed by atoms with Gasteiger partial charge >= 0.3 is 0 Å². The van der Waals surface area contributed by atoms with Gasteiger partial charge in [0.2, 0.25) is 0 Å². The topological polar surface area (TPSA) is 12.9 Å². The number of hydrogen-bond donors (Lipinski definition) is 0. The van der Waals surface area contributed by atoms with Crippen molar-refractivity contribution in [1.29, 1.82) is 0 Å². The molecule has 0 aliphatic heterocycles. The first-order valence-corrected chi connectivity index (χ1v) is 4.10. The summed E-state index contributed by atoms with van der Waals surface area (Å²) in [7, 11) is 0. The van der Waals surface area contributed by atoms with Gasteiger partial charge in [0.25, 0.3) is 5.26 Å². The van der Waals surface area contributed by atoms with Gasteiger partial charge in [-0.25, -0.2) is 4.98 Å².